The number of aryl methyl sites for hydroxylation is 1. The van der Waals surface area contributed by atoms with Gasteiger partial charge in [0.05, 0.1) is 6.42 Å². The Labute approximate surface area is 153 Å². The highest BCUT2D eigenvalue weighted by Crippen LogP contribution is 2.10. The third-order valence-corrected chi connectivity index (χ3v) is 3.41. The first-order chi connectivity index (χ1) is 12.3. The molecular weight excluding hydrogens is 336 g/mol. The number of Topliss-reactive ketones (excluding diaryl/α,β-unsaturated/α-hetero) is 1. The maximum Gasteiger partial charge on any atom is 0.321 e. The largest absolute Gasteiger partial charge is 0.456 e. The van der Waals surface area contributed by atoms with Crippen LogP contribution in [-0.4, -0.2) is 36.3 Å². The quantitative estimate of drug-likeness (QED) is 0.519. The van der Waals surface area contributed by atoms with Crippen LogP contribution in [-0.2, 0) is 20.7 Å². The van der Waals surface area contributed by atoms with Crippen LogP contribution in [0.15, 0.2) is 24.3 Å². The van der Waals surface area contributed by atoms with Gasteiger partial charge in [-0.05, 0) is 25.8 Å². The van der Waals surface area contributed by atoms with E-state index in [9.17, 15) is 19.2 Å². The lowest BCUT2D eigenvalue weighted by Crippen LogP contribution is -2.44. The van der Waals surface area contributed by atoms with Gasteiger partial charge in [0.15, 0.2) is 12.4 Å². The molecule has 3 amide bonds. The second-order valence-electron chi connectivity index (χ2n) is 6.21. The van der Waals surface area contributed by atoms with Gasteiger partial charge in [0.25, 0.3) is 5.91 Å². The van der Waals surface area contributed by atoms with Crippen molar-refractivity contribution in [2.24, 2.45) is 0 Å². The Kier molecular flexibility index (Phi) is 9.05. The average molecular weight is 362 g/mol. The number of carbonyl (C=O) groups is 4. The maximum absolute atomic E-state index is 12.1. The molecule has 1 aromatic carbocycles. The molecule has 0 bridgehead atoms. The summed E-state index contributed by atoms with van der Waals surface area (Å²) in [7, 11) is 0. The van der Waals surface area contributed by atoms with Crippen LogP contribution in [0.25, 0.3) is 0 Å². The highest BCUT2D eigenvalue weighted by Gasteiger charge is 2.13. The van der Waals surface area contributed by atoms with E-state index in [0.717, 1.165) is 18.4 Å². The molecule has 0 aliphatic heterocycles. The molecule has 0 saturated heterocycles. The summed E-state index contributed by atoms with van der Waals surface area (Å²) < 4.78 is 4.76. The van der Waals surface area contributed by atoms with Crippen molar-refractivity contribution < 1.29 is 23.9 Å². The molecular formula is C19H26N2O5. The zero-order chi connectivity index (χ0) is 19.5. The summed E-state index contributed by atoms with van der Waals surface area (Å²) in [5.41, 5.74) is 1.71. The van der Waals surface area contributed by atoms with Crippen LogP contribution in [0.2, 0.25) is 0 Å². The number of hydrogen-bond donors (Lipinski definition) is 2. The Bertz CT molecular complexity index is 638. The third-order valence-electron chi connectivity index (χ3n) is 3.41. The summed E-state index contributed by atoms with van der Waals surface area (Å²) in [6.07, 6.45) is 1.87. The highest BCUT2D eigenvalue weighted by atomic mass is 16.5. The van der Waals surface area contributed by atoms with Crippen molar-refractivity contribution in [3.05, 3.63) is 35.4 Å². The van der Waals surface area contributed by atoms with Gasteiger partial charge in [-0.25, -0.2) is 4.79 Å². The fraction of sp³-hybridized carbons (Fsp3) is 0.474. The van der Waals surface area contributed by atoms with E-state index in [1.165, 1.54) is 0 Å². The first-order valence-corrected chi connectivity index (χ1v) is 8.70. The number of hydrogen-bond acceptors (Lipinski definition) is 5. The van der Waals surface area contributed by atoms with Crippen molar-refractivity contribution in [3.8, 4) is 0 Å². The molecule has 7 nitrogen and oxygen atoms in total. The normalized spacial score (nSPS) is 10.3. The molecule has 0 atom stereocenters. The predicted molar refractivity (Wildman–Crippen MR) is 96.8 cm³/mol. The molecule has 0 radical (unpaired) electrons. The van der Waals surface area contributed by atoms with Gasteiger partial charge in [-0.15, -0.1) is 0 Å². The van der Waals surface area contributed by atoms with Gasteiger partial charge < -0.3 is 10.1 Å². The van der Waals surface area contributed by atoms with Gasteiger partial charge >= 0.3 is 12.0 Å². The van der Waals surface area contributed by atoms with Crippen molar-refractivity contribution in [1.82, 2.24) is 10.6 Å². The Morgan fingerprint density at radius 1 is 1.04 bits per heavy atom. The van der Waals surface area contributed by atoms with E-state index in [1.54, 1.807) is 26.0 Å². The zero-order valence-corrected chi connectivity index (χ0v) is 15.5. The van der Waals surface area contributed by atoms with E-state index >= 15 is 0 Å². The summed E-state index contributed by atoms with van der Waals surface area (Å²) in [4.78, 5) is 46.5. The standard InChI is InChI=1S/C19H26N2O5/c1-4-5-14-6-8-15(9-7-14)16(22)10-11-18(24)26-12-17(23)21-19(25)20-13(2)3/h6-9,13H,4-5,10-12H2,1-3H3,(H2,20,21,23,25). The summed E-state index contributed by atoms with van der Waals surface area (Å²) >= 11 is 0. The first-order valence-electron chi connectivity index (χ1n) is 8.70. The van der Waals surface area contributed by atoms with Gasteiger partial charge in [0.1, 0.15) is 0 Å². The van der Waals surface area contributed by atoms with E-state index in [4.69, 9.17) is 4.74 Å². The Morgan fingerprint density at radius 3 is 2.27 bits per heavy atom. The number of rotatable bonds is 9. The van der Waals surface area contributed by atoms with E-state index < -0.39 is 24.5 Å². The number of benzene rings is 1. The van der Waals surface area contributed by atoms with Gasteiger partial charge in [-0.1, -0.05) is 37.6 Å². The third kappa shape index (κ3) is 8.41. The average Bonchev–Trinajstić information content (AvgIpc) is 2.58. The molecule has 26 heavy (non-hydrogen) atoms. The van der Waals surface area contributed by atoms with Crippen molar-refractivity contribution in [3.63, 3.8) is 0 Å². The summed E-state index contributed by atoms with van der Waals surface area (Å²) in [6, 6.07) is 6.54. The predicted octanol–water partition coefficient (Wildman–Crippen LogP) is 2.38. The van der Waals surface area contributed by atoms with Gasteiger partial charge in [0, 0.05) is 18.0 Å². The van der Waals surface area contributed by atoms with Crippen molar-refractivity contribution in [2.75, 3.05) is 6.61 Å². The number of nitrogens with one attached hydrogen (secondary N) is 2. The number of esters is 1. The minimum Gasteiger partial charge on any atom is -0.456 e. The first kappa shape index (κ1) is 21.3. The van der Waals surface area contributed by atoms with Crippen molar-refractivity contribution >= 4 is 23.7 Å². The molecule has 1 aromatic rings. The summed E-state index contributed by atoms with van der Waals surface area (Å²) in [5, 5.41) is 4.52. The smallest absolute Gasteiger partial charge is 0.321 e. The molecule has 0 aliphatic rings. The van der Waals surface area contributed by atoms with Gasteiger partial charge in [0.2, 0.25) is 0 Å². The fourth-order valence-electron chi connectivity index (χ4n) is 2.19. The van der Waals surface area contributed by atoms with Gasteiger partial charge in [-0.2, -0.15) is 0 Å². The van der Waals surface area contributed by atoms with Gasteiger partial charge in [-0.3, -0.25) is 19.7 Å². The van der Waals surface area contributed by atoms with Crippen LogP contribution in [0.3, 0.4) is 0 Å². The number of urea groups is 1. The molecule has 0 heterocycles. The number of amides is 3. The molecule has 2 N–H and O–H groups in total. The molecule has 1 rings (SSSR count). The molecule has 0 aromatic heterocycles. The SMILES string of the molecule is CCCc1ccc(C(=O)CCC(=O)OCC(=O)NC(=O)NC(C)C)cc1. The molecule has 0 aliphatic carbocycles. The zero-order valence-electron chi connectivity index (χ0n) is 15.5. The lowest BCUT2D eigenvalue weighted by atomic mass is 10.0. The van der Waals surface area contributed by atoms with Crippen LogP contribution in [0.4, 0.5) is 4.79 Å². The Morgan fingerprint density at radius 2 is 1.69 bits per heavy atom. The Hall–Kier alpha value is -2.70. The molecule has 0 saturated carbocycles. The van der Waals surface area contributed by atoms with Crippen molar-refractivity contribution in [1.29, 1.82) is 0 Å². The minimum absolute atomic E-state index is 0.00140. The lowest BCUT2D eigenvalue weighted by Gasteiger charge is -2.09. The van der Waals surface area contributed by atoms with Crippen LogP contribution < -0.4 is 10.6 Å². The van der Waals surface area contributed by atoms with Crippen LogP contribution in [0, 0.1) is 0 Å². The van der Waals surface area contributed by atoms with E-state index in [0.29, 0.717) is 5.56 Å². The number of carbonyl (C=O) groups excluding carboxylic acids is 4. The Balaban J connectivity index is 2.31. The maximum atomic E-state index is 12.1. The minimum atomic E-state index is -0.727. The molecule has 0 unspecified atom stereocenters. The summed E-state index contributed by atoms with van der Waals surface area (Å²) in [5.74, 6) is -1.56. The number of imide groups is 1. The lowest BCUT2D eigenvalue weighted by molar-refractivity contribution is -0.148. The topological polar surface area (TPSA) is 102 Å². The highest BCUT2D eigenvalue weighted by molar-refractivity contribution is 5.98. The van der Waals surface area contributed by atoms with Crippen LogP contribution in [0.5, 0.6) is 0 Å². The van der Waals surface area contributed by atoms with E-state index in [-0.39, 0.29) is 24.7 Å². The molecule has 0 spiro atoms. The van der Waals surface area contributed by atoms with E-state index in [1.807, 2.05) is 17.4 Å². The van der Waals surface area contributed by atoms with Crippen molar-refractivity contribution in [2.45, 2.75) is 52.5 Å². The number of ketones is 1. The number of ether oxygens (including phenoxy) is 1. The molecule has 0 fully saturated rings. The molecule has 7 heteroatoms. The fourth-order valence-corrected chi connectivity index (χ4v) is 2.19. The van der Waals surface area contributed by atoms with E-state index in [2.05, 4.69) is 12.2 Å². The summed E-state index contributed by atoms with van der Waals surface area (Å²) in [6.45, 7) is 5.02. The monoisotopic (exact) mass is 362 g/mol. The molecule has 142 valence electrons. The second kappa shape index (κ2) is 11.0. The second-order valence-corrected chi connectivity index (χ2v) is 6.21. The van der Waals surface area contributed by atoms with Crippen LogP contribution in [0.1, 0.15) is 56.0 Å². The van der Waals surface area contributed by atoms with Crippen LogP contribution >= 0.6 is 0 Å².